The third kappa shape index (κ3) is 4.23. The van der Waals surface area contributed by atoms with Crippen molar-refractivity contribution < 1.29 is 14.3 Å². The van der Waals surface area contributed by atoms with Crippen molar-refractivity contribution in [3.05, 3.63) is 95.1 Å². The predicted octanol–water partition coefficient (Wildman–Crippen LogP) is 4.44. The number of aliphatic hydroxyl groups excluding tert-OH is 1. The lowest BCUT2D eigenvalue weighted by Crippen LogP contribution is -2.23. The van der Waals surface area contributed by atoms with Gasteiger partial charge in [-0.3, -0.25) is 0 Å². The molecular formula is C24H22FN3O2. The highest BCUT2D eigenvalue weighted by atomic mass is 19.1. The molecule has 3 N–H and O–H groups in total. The maximum atomic E-state index is 13.2. The van der Waals surface area contributed by atoms with Crippen molar-refractivity contribution in [2.24, 2.45) is 0 Å². The maximum Gasteiger partial charge on any atom is 0.146 e. The van der Waals surface area contributed by atoms with Crippen molar-refractivity contribution in [3.8, 4) is 0 Å². The number of anilines is 2. The fraction of sp³-hybridized carbons (Fsp3) is 0.167. The van der Waals surface area contributed by atoms with Gasteiger partial charge < -0.3 is 20.5 Å². The number of aldehydes is 1. The summed E-state index contributed by atoms with van der Waals surface area (Å²) in [6, 6.07) is 15.0. The van der Waals surface area contributed by atoms with Crippen LogP contribution in [0.25, 0.3) is 6.08 Å². The van der Waals surface area contributed by atoms with Crippen LogP contribution >= 0.6 is 0 Å². The van der Waals surface area contributed by atoms with Crippen molar-refractivity contribution in [3.63, 3.8) is 0 Å². The zero-order chi connectivity index (χ0) is 20.9. The zero-order valence-corrected chi connectivity index (χ0v) is 16.3. The first-order valence-electron chi connectivity index (χ1n) is 9.81. The van der Waals surface area contributed by atoms with Gasteiger partial charge in [0.25, 0.3) is 0 Å². The molecular weight excluding hydrogens is 381 g/mol. The molecule has 0 saturated heterocycles. The number of rotatable bonds is 7. The van der Waals surface area contributed by atoms with Crippen LogP contribution in [0.5, 0.6) is 0 Å². The van der Waals surface area contributed by atoms with Gasteiger partial charge in [0.1, 0.15) is 24.0 Å². The largest absolute Gasteiger partial charge is 0.388 e. The summed E-state index contributed by atoms with van der Waals surface area (Å²) in [5, 5.41) is 16.7. The fourth-order valence-corrected chi connectivity index (χ4v) is 3.62. The maximum absolute atomic E-state index is 13.2. The topological polar surface area (TPSA) is 74.2 Å². The van der Waals surface area contributed by atoms with Gasteiger partial charge in [-0.2, -0.15) is 0 Å². The van der Waals surface area contributed by atoms with Crippen LogP contribution in [0.4, 0.5) is 15.9 Å². The molecule has 30 heavy (non-hydrogen) atoms. The minimum absolute atomic E-state index is 0.321. The second kappa shape index (κ2) is 8.88. The first-order chi connectivity index (χ1) is 14.7. The molecule has 2 heterocycles. The van der Waals surface area contributed by atoms with E-state index in [4.69, 9.17) is 0 Å². The number of aromatic nitrogens is 1. The summed E-state index contributed by atoms with van der Waals surface area (Å²) in [7, 11) is 0. The third-order valence-electron chi connectivity index (χ3n) is 5.19. The SMILES string of the molecule is O=CC1NC=Cc2c(CCC(O)c3ccccc3)cnc(Nc3ccc(F)cc3)c21. The van der Waals surface area contributed by atoms with Crippen LogP contribution in [0.3, 0.4) is 0 Å². The molecule has 0 saturated carbocycles. The second-order valence-corrected chi connectivity index (χ2v) is 7.17. The summed E-state index contributed by atoms with van der Waals surface area (Å²) < 4.78 is 13.2. The number of carbonyl (C=O) groups excluding carboxylic acids is 1. The second-order valence-electron chi connectivity index (χ2n) is 7.17. The predicted molar refractivity (Wildman–Crippen MR) is 115 cm³/mol. The Labute approximate surface area is 174 Å². The molecule has 2 aromatic carbocycles. The van der Waals surface area contributed by atoms with E-state index in [1.165, 1.54) is 12.1 Å². The molecule has 0 aliphatic carbocycles. The lowest BCUT2D eigenvalue weighted by atomic mass is 9.92. The molecule has 2 atom stereocenters. The number of halogens is 1. The van der Waals surface area contributed by atoms with Crippen LogP contribution in [-0.2, 0) is 11.2 Å². The molecule has 0 radical (unpaired) electrons. The molecule has 1 aromatic heterocycles. The average Bonchev–Trinajstić information content (AvgIpc) is 2.79. The van der Waals surface area contributed by atoms with E-state index in [1.807, 2.05) is 36.4 Å². The van der Waals surface area contributed by atoms with Gasteiger partial charge in [-0.15, -0.1) is 0 Å². The Morgan fingerprint density at radius 2 is 1.93 bits per heavy atom. The normalized spacial score (nSPS) is 15.7. The van der Waals surface area contributed by atoms with Gasteiger partial charge in [0.15, 0.2) is 0 Å². The number of fused-ring (bicyclic) bond motifs is 1. The number of nitrogens with zero attached hydrogens (tertiary/aromatic N) is 1. The Kier molecular flexibility index (Phi) is 5.86. The molecule has 4 rings (SSSR count). The summed E-state index contributed by atoms with van der Waals surface area (Å²) in [6.45, 7) is 0. The molecule has 0 bridgehead atoms. The number of pyridine rings is 1. The van der Waals surface area contributed by atoms with Crippen molar-refractivity contribution in [1.82, 2.24) is 10.3 Å². The number of benzene rings is 2. The molecule has 3 aromatic rings. The molecule has 2 unspecified atom stereocenters. The van der Waals surface area contributed by atoms with E-state index in [-0.39, 0.29) is 5.82 Å². The number of carbonyl (C=O) groups is 1. The smallest absolute Gasteiger partial charge is 0.146 e. The van der Waals surface area contributed by atoms with E-state index in [1.54, 1.807) is 24.5 Å². The van der Waals surface area contributed by atoms with E-state index < -0.39 is 12.1 Å². The minimum Gasteiger partial charge on any atom is -0.388 e. The number of aryl methyl sites for hydroxylation is 1. The summed E-state index contributed by atoms with van der Waals surface area (Å²) in [5.41, 5.74) is 4.15. The van der Waals surface area contributed by atoms with Crippen LogP contribution in [0, 0.1) is 5.82 Å². The van der Waals surface area contributed by atoms with Crippen LogP contribution in [0.15, 0.2) is 67.0 Å². The Bertz CT molecular complexity index is 1050. The van der Waals surface area contributed by atoms with E-state index >= 15 is 0 Å². The van der Waals surface area contributed by atoms with Gasteiger partial charge in [0, 0.05) is 17.4 Å². The van der Waals surface area contributed by atoms with Gasteiger partial charge in [0.05, 0.1) is 6.10 Å². The van der Waals surface area contributed by atoms with Crippen molar-refractivity contribution in [2.45, 2.75) is 25.0 Å². The first-order valence-corrected chi connectivity index (χ1v) is 9.81. The van der Waals surface area contributed by atoms with E-state index in [0.29, 0.717) is 24.3 Å². The highest BCUT2D eigenvalue weighted by Crippen LogP contribution is 2.33. The van der Waals surface area contributed by atoms with Crippen LogP contribution < -0.4 is 10.6 Å². The van der Waals surface area contributed by atoms with Gasteiger partial charge in [-0.1, -0.05) is 30.3 Å². The summed E-state index contributed by atoms with van der Waals surface area (Å²) in [5.74, 6) is 0.219. The van der Waals surface area contributed by atoms with Gasteiger partial charge >= 0.3 is 0 Å². The van der Waals surface area contributed by atoms with Crippen LogP contribution in [-0.4, -0.2) is 16.4 Å². The first kappa shape index (κ1) is 19.8. The van der Waals surface area contributed by atoms with Gasteiger partial charge in [-0.25, -0.2) is 9.37 Å². The molecule has 6 heteroatoms. The number of hydrogen-bond donors (Lipinski definition) is 3. The molecule has 0 spiro atoms. The third-order valence-corrected chi connectivity index (χ3v) is 5.19. The quantitative estimate of drug-likeness (QED) is 0.509. The van der Waals surface area contributed by atoms with Gasteiger partial charge in [-0.05, 0) is 66.1 Å². The Morgan fingerprint density at radius 1 is 1.17 bits per heavy atom. The Morgan fingerprint density at radius 3 is 2.67 bits per heavy atom. The molecule has 5 nitrogen and oxygen atoms in total. The summed E-state index contributed by atoms with van der Waals surface area (Å²) >= 11 is 0. The van der Waals surface area contributed by atoms with Crippen molar-refractivity contribution >= 4 is 23.9 Å². The van der Waals surface area contributed by atoms with Crippen molar-refractivity contribution in [1.29, 1.82) is 0 Å². The van der Waals surface area contributed by atoms with Crippen LogP contribution in [0.2, 0.25) is 0 Å². The highest BCUT2D eigenvalue weighted by molar-refractivity contribution is 5.78. The van der Waals surface area contributed by atoms with Crippen LogP contribution in [0.1, 0.15) is 40.8 Å². The molecule has 1 aliphatic rings. The standard InChI is InChI=1S/C24H22FN3O2/c25-18-7-9-19(10-8-18)28-24-23-20(12-13-26-21(23)15-29)17(14-27-24)6-11-22(30)16-4-2-1-3-5-16/h1-5,7-10,12-15,21-22,26,30H,6,11H2,(H,27,28). The number of aliphatic hydroxyl groups is 1. The molecule has 0 fully saturated rings. The number of hydrogen-bond acceptors (Lipinski definition) is 5. The molecule has 152 valence electrons. The van der Waals surface area contributed by atoms with E-state index in [9.17, 15) is 14.3 Å². The zero-order valence-electron chi connectivity index (χ0n) is 16.3. The molecule has 1 aliphatic heterocycles. The average molecular weight is 403 g/mol. The van der Waals surface area contributed by atoms with Gasteiger partial charge in [0.2, 0.25) is 0 Å². The highest BCUT2D eigenvalue weighted by Gasteiger charge is 2.24. The minimum atomic E-state index is -0.577. The van der Waals surface area contributed by atoms with Crippen molar-refractivity contribution in [2.75, 3.05) is 5.32 Å². The fourth-order valence-electron chi connectivity index (χ4n) is 3.62. The summed E-state index contributed by atoms with van der Waals surface area (Å²) in [6.07, 6.45) is 6.83. The Hall–Kier alpha value is -3.51. The lowest BCUT2D eigenvalue weighted by Gasteiger charge is -2.24. The lowest BCUT2D eigenvalue weighted by molar-refractivity contribution is -0.109. The monoisotopic (exact) mass is 403 g/mol. The molecule has 0 amide bonds. The van der Waals surface area contributed by atoms with E-state index in [0.717, 1.165) is 28.5 Å². The number of nitrogens with one attached hydrogen (secondary N) is 2. The summed E-state index contributed by atoms with van der Waals surface area (Å²) in [4.78, 5) is 16.2. The van der Waals surface area contributed by atoms with E-state index in [2.05, 4.69) is 15.6 Å². The Balaban J connectivity index is 1.62.